The Bertz CT molecular complexity index is 1800. The number of hydrogen-bond acceptors (Lipinski definition) is 7. The number of ether oxygens (including phenoxy) is 2. The van der Waals surface area contributed by atoms with Crippen LogP contribution in [0, 0.1) is 10.1 Å². The zero-order valence-electron chi connectivity index (χ0n) is 23.6. The Morgan fingerprint density at radius 3 is 2.05 bits per heavy atom. The van der Waals surface area contributed by atoms with Gasteiger partial charge in [0.05, 0.1) is 29.5 Å². The molecule has 8 nitrogen and oxygen atoms in total. The largest absolute Gasteiger partial charge is 0.493 e. The minimum atomic E-state index is -0.439. The van der Waals surface area contributed by atoms with Crippen LogP contribution in [0.15, 0.2) is 120 Å². The molecular weight excluding hydrogens is 542 g/mol. The molecule has 0 aromatic heterocycles. The number of carbonyl (C=O) groups excluding carboxylic acids is 1. The van der Waals surface area contributed by atoms with Crippen LogP contribution < -0.4 is 4.74 Å². The van der Waals surface area contributed by atoms with Gasteiger partial charge in [-0.2, -0.15) is 5.11 Å². The molecule has 0 spiro atoms. The number of non-ortho nitro benzene ring substituents is 1. The summed E-state index contributed by atoms with van der Waals surface area (Å²) in [7, 11) is 0. The lowest BCUT2D eigenvalue weighted by Crippen LogP contribution is -2.02. The van der Waals surface area contributed by atoms with Gasteiger partial charge >= 0.3 is 5.97 Å². The lowest BCUT2D eigenvalue weighted by Gasteiger charge is -2.18. The number of benzene rings is 5. The number of hydrogen-bond donors (Lipinski definition) is 0. The molecule has 0 saturated heterocycles. The zero-order valence-corrected chi connectivity index (χ0v) is 23.6. The Kier molecular flexibility index (Phi) is 9.49. The number of unbranched alkanes of at least 4 members (excludes halogenated alkanes) is 3. The summed E-state index contributed by atoms with van der Waals surface area (Å²) in [6, 6.07) is 30.3. The SMILES string of the molecule is C=CC(=O)OCCCCCCOc1ccc2ccccc2c1-c1c(N=Nc2ccc([N+](=O)[O-])cc2)ccc2ccccc12. The van der Waals surface area contributed by atoms with E-state index < -0.39 is 10.9 Å². The van der Waals surface area contributed by atoms with Gasteiger partial charge in [0.25, 0.3) is 5.69 Å². The Hall–Kier alpha value is -5.37. The smallest absolute Gasteiger partial charge is 0.330 e. The summed E-state index contributed by atoms with van der Waals surface area (Å²) in [5.41, 5.74) is 3.01. The van der Waals surface area contributed by atoms with E-state index in [-0.39, 0.29) is 5.69 Å². The van der Waals surface area contributed by atoms with Crippen LogP contribution in [0.2, 0.25) is 0 Å². The first-order valence-electron chi connectivity index (χ1n) is 14.2. The molecule has 0 amide bonds. The molecule has 0 fully saturated rings. The van der Waals surface area contributed by atoms with E-state index in [0.29, 0.717) is 24.6 Å². The van der Waals surface area contributed by atoms with E-state index in [9.17, 15) is 14.9 Å². The van der Waals surface area contributed by atoms with Crippen molar-refractivity contribution in [2.75, 3.05) is 13.2 Å². The molecule has 0 radical (unpaired) electrons. The van der Waals surface area contributed by atoms with Gasteiger partial charge in [-0.05, 0) is 71.5 Å². The third kappa shape index (κ3) is 7.11. The molecule has 5 rings (SSSR count). The van der Waals surface area contributed by atoms with E-state index in [1.54, 1.807) is 12.1 Å². The van der Waals surface area contributed by atoms with Crippen LogP contribution in [-0.4, -0.2) is 24.1 Å². The highest BCUT2D eigenvalue weighted by molar-refractivity contribution is 6.11. The fourth-order valence-corrected chi connectivity index (χ4v) is 4.96. The van der Waals surface area contributed by atoms with Crippen molar-refractivity contribution in [1.82, 2.24) is 0 Å². The monoisotopic (exact) mass is 573 g/mol. The molecule has 0 aliphatic heterocycles. The molecular formula is C35H31N3O5. The third-order valence-corrected chi connectivity index (χ3v) is 7.09. The van der Waals surface area contributed by atoms with Crippen LogP contribution in [0.3, 0.4) is 0 Å². The highest BCUT2D eigenvalue weighted by atomic mass is 16.6. The predicted molar refractivity (Wildman–Crippen MR) is 169 cm³/mol. The second kappa shape index (κ2) is 14.0. The molecule has 0 unspecified atom stereocenters. The molecule has 8 heteroatoms. The molecule has 0 heterocycles. The lowest BCUT2D eigenvalue weighted by atomic mass is 9.92. The highest BCUT2D eigenvalue weighted by Gasteiger charge is 2.18. The van der Waals surface area contributed by atoms with Gasteiger partial charge in [0.1, 0.15) is 5.75 Å². The fraction of sp³-hybridized carbons (Fsp3) is 0.171. The predicted octanol–water partition coefficient (Wildman–Crippen LogP) is 9.65. The third-order valence-electron chi connectivity index (χ3n) is 7.09. The summed E-state index contributed by atoms with van der Waals surface area (Å²) in [4.78, 5) is 21.8. The summed E-state index contributed by atoms with van der Waals surface area (Å²) in [5, 5.41) is 24.3. The standard InChI is InChI=1S/C35H31N3O5/c1-2-33(39)43-24-10-4-3-9-23-42-32-22-16-26-12-6-8-14-30(26)35(32)34-29-13-7-5-11-25(29)15-21-31(34)37-36-27-17-19-28(20-18-27)38(40)41/h2,5-8,11-22H,1,3-4,9-10,23-24H2. The van der Waals surface area contributed by atoms with Gasteiger partial charge in [-0.25, -0.2) is 4.79 Å². The van der Waals surface area contributed by atoms with Crippen LogP contribution in [0.4, 0.5) is 17.1 Å². The molecule has 0 atom stereocenters. The molecule has 5 aromatic carbocycles. The first kappa shape index (κ1) is 29.1. The summed E-state index contributed by atoms with van der Waals surface area (Å²) >= 11 is 0. The number of rotatable bonds is 13. The van der Waals surface area contributed by atoms with Crippen LogP contribution in [-0.2, 0) is 9.53 Å². The van der Waals surface area contributed by atoms with E-state index in [4.69, 9.17) is 9.47 Å². The number of nitro benzene ring substituents is 1. The zero-order chi connectivity index (χ0) is 30.0. The summed E-state index contributed by atoms with van der Waals surface area (Å²) < 4.78 is 11.5. The van der Waals surface area contributed by atoms with Crippen molar-refractivity contribution < 1.29 is 19.2 Å². The second-order valence-electron chi connectivity index (χ2n) is 9.95. The van der Waals surface area contributed by atoms with Crippen molar-refractivity contribution in [2.24, 2.45) is 10.2 Å². The molecule has 0 bridgehead atoms. The molecule has 5 aromatic rings. The minimum absolute atomic E-state index is 0.000908. The van der Waals surface area contributed by atoms with E-state index in [1.807, 2.05) is 42.5 Å². The number of fused-ring (bicyclic) bond motifs is 2. The van der Waals surface area contributed by atoms with E-state index >= 15 is 0 Å². The van der Waals surface area contributed by atoms with Crippen LogP contribution in [0.25, 0.3) is 32.7 Å². The van der Waals surface area contributed by atoms with Crippen LogP contribution >= 0.6 is 0 Å². The van der Waals surface area contributed by atoms with Crippen LogP contribution in [0.1, 0.15) is 25.7 Å². The van der Waals surface area contributed by atoms with Gasteiger partial charge in [0, 0.05) is 29.3 Å². The number of nitrogens with zero attached hydrogens (tertiary/aromatic N) is 3. The maximum absolute atomic E-state index is 11.2. The van der Waals surface area contributed by atoms with Gasteiger partial charge in [0.15, 0.2) is 0 Å². The number of nitro groups is 1. The minimum Gasteiger partial charge on any atom is -0.493 e. The fourth-order valence-electron chi connectivity index (χ4n) is 4.96. The second-order valence-corrected chi connectivity index (χ2v) is 9.95. The van der Waals surface area contributed by atoms with Gasteiger partial charge in [-0.3, -0.25) is 10.1 Å². The van der Waals surface area contributed by atoms with Crippen molar-refractivity contribution in [3.8, 4) is 16.9 Å². The Labute approximate surface area is 249 Å². The van der Waals surface area contributed by atoms with Crippen molar-refractivity contribution >= 4 is 44.6 Å². The maximum Gasteiger partial charge on any atom is 0.330 e. The highest BCUT2D eigenvalue weighted by Crippen LogP contribution is 2.46. The van der Waals surface area contributed by atoms with Crippen molar-refractivity contribution in [3.63, 3.8) is 0 Å². The van der Waals surface area contributed by atoms with Crippen LogP contribution in [0.5, 0.6) is 5.75 Å². The molecule has 43 heavy (non-hydrogen) atoms. The number of esters is 1. The summed E-state index contributed by atoms with van der Waals surface area (Å²) in [6.45, 7) is 4.33. The van der Waals surface area contributed by atoms with Gasteiger partial charge < -0.3 is 9.47 Å². The van der Waals surface area contributed by atoms with Crippen molar-refractivity contribution in [1.29, 1.82) is 0 Å². The lowest BCUT2D eigenvalue weighted by molar-refractivity contribution is -0.384. The number of carbonyl (C=O) groups is 1. The molecule has 0 N–H and O–H groups in total. The molecule has 0 saturated carbocycles. The van der Waals surface area contributed by atoms with Crippen molar-refractivity contribution in [3.05, 3.63) is 120 Å². The summed E-state index contributed by atoms with van der Waals surface area (Å²) in [5.74, 6) is 0.356. The van der Waals surface area contributed by atoms with E-state index in [1.165, 1.54) is 18.2 Å². The Morgan fingerprint density at radius 2 is 1.37 bits per heavy atom. The van der Waals surface area contributed by atoms with Gasteiger partial charge in [-0.15, -0.1) is 5.11 Å². The average Bonchev–Trinajstić information content (AvgIpc) is 3.04. The van der Waals surface area contributed by atoms with E-state index in [0.717, 1.165) is 64.1 Å². The van der Waals surface area contributed by atoms with E-state index in [2.05, 4.69) is 47.1 Å². The molecule has 216 valence electrons. The molecule has 0 aliphatic rings. The topological polar surface area (TPSA) is 103 Å². The van der Waals surface area contributed by atoms with Gasteiger partial charge in [-0.1, -0.05) is 67.2 Å². The first-order chi connectivity index (χ1) is 21.0. The first-order valence-corrected chi connectivity index (χ1v) is 14.2. The van der Waals surface area contributed by atoms with Gasteiger partial charge in [0.2, 0.25) is 0 Å². The Morgan fingerprint density at radius 1 is 0.744 bits per heavy atom. The maximum atomic E-state index is 11.2. The Balaban J connectivity index is 1.47. The quantitative estimate of drug-likeness (QED) is 0.0348. The number of azo groups is 1. The summed E-state index contributed by atoms with van der Waals surface area (Å²) in [6.07, 6.45) is 4.68. The normalized spacial score (nSPS) is 11.2. The van der Waals surface area contributed by atoms with Crippen molar-refractivity contribution in [2.45, 2.75) is 25.7 Å². The average molecular weight is 574 g/mol. The molecule has 0 aliphatic carbocycles.